The third-order valence-corrected chi connectivity index (χ3v) is 4.89. The van der Waals surface area contributed by atoms with E-state index in [-0.39, 0.29) is 10.7 Å². The number of aromatic nitrogens is 1. The number of aryl methyl sites for hydroxylation is 1. The molecule has 1 aromatic heterocycles. The molecule has 2 rings (SSSR count). The highest BCUT2D eigenvalue weighted by Crippen LogP contribution is 2.26. The molecule has 0 saturated carbocycles. The number of rotatable bonds is 4. The van der Waals surface area contributed by atoms with E-state index in [1.165, 1.54) is 16.6 Å². The second kappa shape index (κ2) is 5.50. The van der Waals surface area contributed by atoms with Crippen molar-refractivity contribution in [1.29, 1.82) is 0 Å². The number of hydrogen-bond acceptors (Lipinski definition) is 4. The van der Waals surface area contributed by atoms with Gasteiger partial charge in [0, 0.05) is 12.7 Å². The third-order valence-electron chi connectivity index (χ3n) is 2.94. The van der Waals surface area contributed by atoms with Crippen molar-refractivity contribution in [2.75, 3.05) is 16.6 Å². The monoisotopic (exact) mass is 291 g/mol. The quantitative estimate of drug-likeness (QED) is 0.936. The minimum absolute atomic E-state index is 0.0126. The molecule has 0 spiro atoms. The van der Waals surface area contributed by atoms with Crippen molar-refractivity contribution >= 4 is 21.5 Å². The second-order valence-corrected chi connectivity index (χ2v) is 6.23. The maximum absolute atomic E-state index is 12.7. The van der Waals surface area contributed by atoms with E-state index in [0.29, 0.717) is 12.2 Å². The van der Waals surface area contributed by atoms with Crippen LogP contribution >= 0.6 is 0 Å². The first-order chi connectivity index (χ1) is 9.46. The number of nitrogen functional groups attached to an aromatic ring is 1. The number of hydrogen-bond donors (Lipinski definition) is 1. The van der Waals surface area contributed by atoms with E-state index < -0.39 is 10.0 Å². The normalized spacial score (nSPS) is 11.3. The first kappa shape index (κ1) is 14.3. The van der Waals surface area contributed by atoms with E-state index in [0.717, 1.165) is 5.56 Å². The lowest BCUT2D eigenvalue weighted by Gasteiger charge is -2.23. The van der Waals surface area contributed by atoms with Gasteiger partial charge in [-0.2, -0.15) is 0 Å². The average Bonchev–Trinajstić information content (AvgIpc) is 2.39. The molecule has 5 nitrogen and oxygen atoms in total. The van der Waals surface area contributed by atoms with Crippen molar-refractivity contribution in [1.82, 2.24) is 4.98 Å². The number of pyridine rings is 1. The Morgan fingerprint density at radius 3 is 2.60 bits per heavy atom. The van der Waals surface area contributed by atoms with Crippen molar-refractivity contribution in [2.45, 2.75) is 18.7 Å². The molecular formula is C14H17N3O2S. The van der Waals surface area contributed by atoms with Gasteiger partial charge in [0.2, 0.25) is 0 Å². The molecule has 0 aliphatic heterocycles. The van der Waals surface area contributed by atoms with E-state index >= 15 is 0 Å². The van der Waals surface area contributed by atoms with Gasteiger partial charge in [-0.05, 0) is 43.7 Å². The summed E-state index contributed by atoms with van der Waals surface area (Å²) in [5.41, 5.74) is 7.31. The van der Waals surface area contributed by atoms with Gasteiger partial charge in [0.1, 0.15) is 10.7 Å². The Balaban J connectivity index is 2.54. The summed E-state index contributed by atoms with van der Waals surface area (Å²) < 4.78 is 26.7. The van der Waals surface area contributed by atoms with E-state index in [4.69, 9.17) is 5.73 Å². The first-order valence-corrected chi connectivity index (χ1v) is 7.70. The summed E-state index contributed by atoms with van der Waals surface area (Å²) in [7, 11) is -3.71. The van der Waals surface area contributed by atoms with Crippen LogP contribution in [0.15, 0.2) is 47.5 Å². The van der Waals surface area contributed by atoms with Gasteiger partial charge in [0.25, 0.3) is 10.0 Å². The summed E-state index contributed by atoms with van der Waals surface area (Å²) >= 11 is 0. The van der Waals surface area contributed by atoms with Gasteiger partial charge in [0.05, 0.1) is 5.69 Å². The Morgan fingerprint density at radius 1 is 1.25 bits per heavy atom. The Bertz CT molecular complexity index is 714. The molecule has 0 aliphatic carbocycles. The summed E-state index contributed by atoms with van der Waals surface area (Å²) in [5, 5.41) is 0. The molecule has 2 N–H and O–H groups in total. The lowest BCUT2D eigenvalue weighted by Crippen LogP contribution is -2.31. The zero-order valence-electron chi connectivity index (χ0n) is 11.4. The molecule has 0 unspecified atom stereocenters. The van der Waals surface area contributed by atoms with Crippen LogP contribution in [0.3, 0.4) is 0 Å². The Labute approximate surface area is 119 Å². The molecule has 1 heterocycles. The Hall–Kier alpha value is -2.08. The van der Waals surface area contributed by atoms with Crippen LogP contribution in [-0.2, 0) is 10.0 Å². The molecule has 0 radical (unpaired) electrons. The van der Waals surface area contributed by atoms with Gasteiger partial charge in [-0.1, -0.05) is 12.1 Å². The molecule has 0 saturated heterocycles. The summed E-state index contributed by atoms with van der Waals surface area (Å²) in [5.74, 6) is 0.0126. The van der Waals surface area contributed by atoms with Crippen molar-refractivity contribution in [3.8, 4) is 0 Å². The van der Waals surface area contributed by atoms with Crippen molar-refractivity contribution < 1.29 is 8.42 Å². The molecule has 0 atom stereocenters. The highest BCUT2D eigenvalue weighted by atomic mass is 32.2. The summed E-state index contributed by atoms with van der Waals surface area (Å²) in [6, 6.07) is 10.4. The van der Waals surface area contributed by atoms with Crippen molar-refractivity contribution in [3.63, 3.8) is 0 Å². The van der Waals surface area contributed by atoms with Gasteiger partial charge >= 0.3 is 0 Å². The summed E-state index contributed by atoms with van der Waals surface area (Å²) in [6.07, 6.45) is 1.47. The predicted octanol–water partition coefficient (Wildman–Crippen LogP) is 2.19. The molecule has 0 amide bonds. The fourth-order valence-corrected chi connectivity index (χ4v) is 3.55. The van der Waals surface area contributed by atoms with Crippen LogP contribution in [-0.4, -0.2) is 19.9 Å². The third kappa shape index (κ3) is 2.60. The molecule has 6 heteroatoms. The number of sulfonamides is 1. The molecular weight excluding hydrogens is 274 g/mol. The van der Waals surface area contributed by atoms with E-state index in [2.05, 4.69) is 4.98 Å². The molecule has 20 heavy (non-hydrogen) atoms. The van der Waals surface area contributed by atoms with E-state index in [9.17, 15) is 8.42 Å². The largest absolute Gasteiger partial charge is 0.383 e. The highest BCUT2D eigenvalue weighted by molar-refractivity contribution is 7.93. The van der Waals surface area contributed by atoms with Gasteiger partial charge < -0.3 is 5.73 Å². The van der Waals surface area contributed by atoms with Crippen LogP contribution in [0.1, 0.15) is 12.5 Å². The molecule has 0 fully saturated rings. The number of nitrogens with two attached hydrogens (primary N) is 1. The summed E-state index contributed by atoms with van der Waals surface area (Å²) in [4.78, 5) is 3.88. The molecule has 106 valence electrons. The molecule has 2 aromatic rings. The smallest absolute Gasteiger partial charge is 0.267 e. The van der Waals surface area contributed by atoms with Crippen molar-refractivity contribution in [3.05, 3.63) is 48.2 Å². The molecule has 0 bridgehead atoms. The van der Waals surface area contributed by atoms with Crippen LogP contribution in [0.2, 0.25) is 0 Å². The van der Waals surface area contributed by atoms with Gasteiger partial charge in [-0.15, -0.1) is 0 Å². The maximum atomic E-state index is 12.7. The highest BCUT2D eigenvalue weighted by Gasteiger charge is 2.26. The predicted molar refractivity (Wildman–Crippen MR) is 80.0 cm³/mol. The molecule has 1 aromatic carbocycles. The topological polar surface area (TPSA) is 76.3 Å². The second-order valence-electron chi connectivity index (χ2n) is 4.40. The number of nitrogens with zero attached hydrogens (tertiary/aromatic N) is 2. The first-order valence-electron chi connectivity index (χ1n) is 6.26. The van der Waals surface area contributed by atoms with Crippen LogP contribution < -0.4 is 10.0 Å². The van der Waals surface area contributed by atoms with Gasteiger partial charge in [-0.3, -0.25) is 4.31 Å². The Kier molecular flexibility index (Phi) is 3.94. The van der Waals surface area contributed by atoms with E-state index in [1.807, 2.05) is 25.1 Å². The minimum Gasteiger partial charge on any atom is -0.383 e. The fourth-order valence-electron chi connectivity index (χ4n) is 2.01. The Morgan fingerprint density at radius 2 is 2.00 bits per heavy atom. The fraction of sp³-hybridized carbons (Fsp3) is 0.214. The summed E-state index contributed by atoms with van der Waals surface area (Å²) in [6.45, 7) is 4.02. The van der Waals surface area contributed by atoms with Crippen LogP contribution in [0.25, 0.3) is 0 Å². The van der Waals surface area contributed by atoms with Gasteiger partial charge in [-0.25, -0.2) is 13.4 Å². The van der Waals surface area contributed by atoms with Crippen molar-refractivity contribution in [2.24, 2.45) is 0 Å². The van der Waals surface area contributed by atoms with Crippen LogP contribution in [0.5, 0.6) is 0 Å². The van der Waals surface area contributed by atoms with Crippen LogP contribution in [0, 0.1) is 6.92 Å². The number of benzene rings is 1. The molecule has 0 aliphatic rings. The maximum Gasteiger partial charge on any atom is 0.267 e. The average molecular weight is 291 g/mol. The van der Waals surface area contributed by atoms with E-state index in [1.54, 1.807) is 19.1 Å². The lowest BCUT2D eigenvalue weighted by atomic mass is 10.2. The lowest BCUT2D eigenvalue weighted by molar-refractivity contribution is 0.592. The number of anilines is 2. The zero-order chi connectivity index (χ0) is 14.8. The standard InChI is InChI=1S/C14H17N3O2S/c1-3-17(12-7-4-6-11(2)10-12)20(18,19)13-8-5-9-16-14(13)15/h4-10H,3H2,1-2H3,(H2,15,16). The van der Waals surface area contributed by atoms with Crippen LogP contribution in [0.4, 0.5) is 11.5 Å². The minimum atomic E-state index is -3.71. The van der Waals surface area contributed by atoms with Gasteiger partial charge in [0.15, 0.2) is 0 Å². The zero-order valence-corrected chi connectivity index (χ0v) is 12.3. The SMILES string of the molecule is CCN(c1cccc(C)c1)S(=O)(=O)c1cccnc1N.